The summed E-state index contributed by atoms with van der Waals surface area (Å²) in [4.78, 5) is 18.5. The maximum Gasteiger partial charge on any atom is 0.257 e. The first-order valence-electron chi connectivity index (χ1n) is 7.56. The Bertz CT molecular complexity index is 885. The Kier molecular flexibility index (Phi) is 4.95. The van der Waals surface area contributed by atoms with E-state index in [0.29, 0.717) is 17.1 Å². The molecule has 3 aromatic rings. The number of nitrogens with one attached hydrogen (secondary N) is 1. The molecule has 0 aliphatic rings. The number of carbonyl (C=O) groups is 1. The highest BCUT2D eigenvalue weighted by atomic mass is 35.5. The molecule has 0 bridgehead atoms. The molecular weight excluding hydrogens is 341 g/mol. The van der Waals surface area contributed by atoms with Gasteiger partial charge in [-0.3, -0.25) is 4.79 Å². The van der Waals surface area contributed by atoms with Gasteiger partial charge < -0.3 is 10.2 Å². The minimum Gasteiger partial charge on any atom is -0.329 e. The van der Waals surface area contributed by atoms with E-state index in [-0.39, 0.29) is 10.9 Å². The fourth-order valence-electron chi connectivity index (χ4n) is 2.28. The van der Waals surface area contributed by atoms with Crippen molar-refractivity contribution in [2.24, 2.45) is 0 Å². The number of hydrogen-bond donors (Lipinski definition) is 1. The third-order valence-electron chi connectivity index (χ3n) is 3.67. The van der Waals surface area contributed by atoms with E-state index < -0.39 is 5.82 Å². The summed E-state index contributed by atoms with van der Waals surface area (Å²) in [5.74, 6) is -0.161. The van der Waals surface area contributed by atoms with Crippen LogP contribution in [0.2, 0.25) is 5.02 Å². The number of hydrogen-bond acceptors (Lipinski definition) is 3. The number of pyridine rings is 1. The molecule has 1 aromatic heterocycles. The predicted octanol–water partition coefficient (Wildman–Crippen LogP) is 4.89. The number of aromatic nitrogens is 1. The van der Waals surface area contributed by atoms with Crippen molar-refractivity contribution < 1.29 is 9.18 Å². The molecule has 126 valence electrons. The second-order valence-corrected chi connectivity index (χ2v) is 5.79. The molecule has 0 spiro atoms. The number of carbonyl (C=O) groups excluding carboxylic acids is 1. The van der Waals surface area contributed by atoms with E-state index in [9.17, 15) is 9.18 Å². The first-order chi connectivity index (χ1) is 12.0. The highest BCUT2D eigenvalue weighted by Gasteiger charge is 2.10. The van der Waals surface area contributed by atoms with Gasteiger partial charge in [0.1, 0.15) is 11.6 Å². The minimum atomic E-state index is -0.533. The minimum absolute atomic E-state index is 0.0456. The summed E-state index contributed by atoms with van der Waals surface area (Å²) in [6.07, 6.45) is 1.50. The van der Waals surface area contributed by atoms with Crippen LogP contribution in [0.15, 0.2) is 66.9 Å². The summed E-state index contributed by atoms with van der Waals surface area (Å²) in [6.45, 7) is 0. The summed E-state index contributed by atoms with van der Waals surface area (Å²) in [7, 11) is 1.90. The summed E-state index contributed by atoms with van der Waals surface area (Å²) >= 11 is 5.71. The fraction of sp³-hybridized carbons (Fsp3) is 0.0526. The van der Waals surface area contributed by atoms with Gasteiger partial charge in [0.25, 0.3) is 5.91 Å². The summed E-state index contributed by atoms with van der Waals surface area (Å²) in [6, 6.07) is 17.2. The van der Waals surface area contributed by atoms with Crippen LogP contribution in [0.1, 0.15) is 10.4 Å². The van der Waals surface area contributed by atoms with Crippen molar-refractivity contribution in [2.45, 2.75) is 0 Å². The Labute approximate surface area is 149 Å². The van der Waals surface area contributed by atoms with E-state index in [2.05, 4.69) is 10.3 Å². The number of anilines is 3. The summed E-state index contributed by atoms with van der Waals surface area (Å²) in [5.41, 5.74) is 1.81. The van der Waals surface area contributed by atoms with E-state index in [1.54, 1.807) is 12.1 Å². The van der Waals surface area contributed by atoms with Crippen molar-refractivity contribution in [3.05, 3.63) is 83.3 Å². The van der Waals surface area contributed by atoms with Crippen LogP contribution in [0, 0.1) is 5.82 Å². The lowest BCUT2D eigenvalue weighted by molar-refractivity contribution is 0.102. The maximum absolute atomic E-state index is 13.2. The number of halogens is 2. The van der Waals surface area contributed by atoms with Crippen LogP contribution >= 0.6 is 11.6 Å². The first kappa shape index (κ1) is 16.9. The average Bonchev–Trinajstić information content (AvgIpc) is 2.65. The molecule has 0 atom stereocenters. The molecule has 1 heterocycles. The van der Waals surface area contributed by atoms with E-state index in [1.807, 2.05) is 42.3 Å². The van der Waals surface area contributed by atoms with Crippen LogP contribution in [0.5, 0.6) is 0 Å². The molecule has 25 heavy (non-hydrogen) atoms. The number of para-hydroxylation sites is 1. The molecule has 4 nitrogen and oxygen atoms in total. The third-order valence-corrected chi connectivity index (χ3v) is 3.96. The molecule has 1 N–H and O–H groups in total. The zero-order valence-corrected chi connectivity index (χ0v) is 14.2. The van der Waals surface area contributed by atoms with Crippen LogP contribution < -0.4 is 10.2 Å². The van der Waals surface area contributed by atoms with E-state index in [4.69, 9.17) is 11.6 Å². The van der Waals surface area contributed by atoms with Gasteiger partial charge in [-0.1, -0.05) is 29.8 Å². The number of nitrogens with zero attached hydrogens (tertiary/aromatic N) is 2. The molecule has 0 saturated carbocycles. The van der Waals surface area contributed by atoms with Crippen molar-refractivity contribution in [2.75, 3.05) is 17.3 Å². The van der Waals surface area contributed by atoms with Crippen LogP contribution in [-0.2, 0) is 0 Å². The van der Waals surface area contributed by atoms with Crippen LogP contribution in [0.25, 0.3) is 0 Å². The van der Waals surface area contributed by atoms with Gasteiger partial charge in [-0.2, -0.15) is 0 Å². The van der Waals surface area contributed by atoms with Crippen molar-refractivity contribution in [1.29, 1.82) is 0 Å². The third kappa shape index (κ3) is 3.95. The standard InChI is InChI=1S/C19H15ClFN3O/c1-24(15-5-3-2-4-6-15)18-10-7-13(12-22-18)19(25)23-14-8-9-17(21)16(20)11-14/h2-12H,1H3,(H,23,25). The Morgan fingerprint density at radius 1 is 1.12 bits per heavy atom. The largest absolute Gasteiger partial charge is 0.329 e. The van der Waals surface area contributed by atoms with Gasteiger partial charge in [0.2, 0.25) is 0 Å². The van der Waals surface area contributed by atoms with Gasteiger partial charge >= 0.3 is 0 Å². The van der Waals surface area contributed by atoms with Crippen molar-refractivity contribution in [1.82, 2.24) is 4.98 Å². The van der Waals surface area contributed by atoms with E-state index >= 15 is 0 Å². The van der Waals surface area contributed by atoms with Gasteiger partial charge in [-0.15, -0.1) is 0 Å². The average molecular weight is 356 g/mol. The van der Waals surface area contributed by atoms with Crippen LogP contribution in [-0.4, -0.2) is 17.9 Å². The SMILES string of the molecule is CN(c1ccccc1)c1ccc(C(=O)Nc2ccc(F)c(Cl)c2)cn1. The summed E-state index contributed by atoms with van der Waals surface area (Å²) < 4.78 is 13.2. The zero-order chi connectivity index (χ0) is 17.8. The van der Waals surface area contributed by atoms with Gasteiger partial charge in [0, 0.05) is 24.6 Å². The lowest BCUT2D eigenvalue weighted by atomic mass is 10.2. The zero-order valence-electron chi connectivity index (χ0n) is 13.4. The van der Waals surface area contributed by atoms with Crippen LogP contribution in [0.4, 0.5) is 21.6 Å². The Morgan fingerprint density at radius 2 is 1.88 bits per heavy atom. The quantitative estimate of drug-likeness (QED) is 0.724. The Morgan fingerprint density at radius 3 is 2.52 bits per heavy atom. The predicted molar refractivity (Wildman–Crippen MR) is 98.1 cm³/mol. The lowest BCUT2D eigenvalue weighted by Gasteiger charge is -2.18. The van der Waals surface area contributed by atoms with Gasteiger partial charge in [-0.05, 0) is 42.5 Å². The molecule has 0 aliphatic heterocycles. The molecular formula is C19H15ClFN3O. The van der Waals surface area contributed by atoms with Crippen molar-refractivity contribution in [3.63, 3.8) is 0 Å². The smallest absolute Gasteiger partial charge is 0.257 e. The summed E-state index contributed by atoms with van der Waals surface area (Å²) in [5, 5.41) is 2.62. The van der Waals surface area contributed by atoms with Gasteiger partial charge in [0.05, 0.1) is 10.6 Å². The number of benzene rings is 2. The molecule has 0 radical (unpaired) electrons. The Balaban J connectivity index is 1.73. The normalized spacial score (nSPS) is 10.4. The molecule has 2 aromatic carbocycles. The highest BCUT2D eigenvalue weighted by Crippen LogP contribution is 2.22. The maximum atomic E-state index is 13.2. The first-order valence-corrected chi connectivity index (χ1v) is 7.93. The van der Waals surface area contributed by atoms with Gasteiger partial charge in [-0.25, -0.2) is 9.37 Å². The monoisotopic (exact) mass is 355 g/mol. The molecule has 6 heteroatoms. The topological polar surface area (TPSA) is 45.2 Å². The lowest BCUT2D eigenvalue weighted by Crippen LogP contribution is -2.14. The van der Waals surface area contributed by atoms with Gasteiger partial charge in [0.15, 0.2) is 0 Å². The van der Waals surface area contributed by atoms with Crippen molar-refractivity contribution in [3.8, 4) is 0 Å². The second-order valence-electron chi connectivity index (χ2n) is 5.38. The Hall–Kier alpha value is -2.92. The number of rotatable bonds is 4. The molecule has 0 aliphatic carbocycles. The molecule has 0 unspecified atom stereocenters. The number of amides is 1. The van der Waals surface area contributed by atoms with E-state index in [1.165, 1.54) is 24.4 Å². The van der Waals surface area contributed by atoms with Crippen molar-refractivity contribution >= 4 is 34.7 Å². The fourth-order valence-corrected chi connectivity index (χ4v) is 2.46. The highest BCUT2D eigenvalue weighted by molar-refractivity contribution is 6.31. The molecule has 0 saturated heterocycles. The molecule has 3 rings (SSSR count). The van der Waals surface area contributed by atoms with E-state index in [0.717, 1.165) is 5.69 Å². The molecule has 0 fully saturated rings. The second kappa shape index (κ2) is 7.32. The van der Waals surface area contributed by atoms with Crippen LogP contribution in [0.3, 0.4) is 0 Å². The molecule has 1 amide bonds.